The minimum absolute atomic E-state index is 0.296. The second-order valence-electron chi connectivity index (χ2n) is 7.18. The molecule has 4 heteroatoms. The third-order valence-corrected chi connectivity index (χ3v) is 5.99. The molecule has 3 fully saturated rings. The third kappa shape index (κ3) is 2.73. The summed E-state index contributed by atoms with van der Waals surface area (Å²) in [7, 11) is 1.76. The Morgan fingerprint density at radius 2 is 2.05 bits per heavy atom. The number of rotatable bonds is 6. The van der Waals surface area contributed by atoms with E-state index in [-0.39, 0.29) is 0 Å². The molecule has 0 bridgehead atoms. The van der Waals surface area contributed by atoms with E-state index in [0.717, 1.165) is 39.1 Å². The van der Waals surface area contributed by atoms with Crippen molar-refractivity contribution in [2.24, 2.45) is 16.7 Å². The first kappa shape index (κ1) is 14.3. The summed E-state index contributed by atoms with van der Waals surface area (Å²) in [5, 5.41) is 6.64. The second-order valence-corrected chi connectivity index (χ2v) is 7.18. The Morgan fingerprint density at radius 3 is 2.65 bits per heavy atom. The normalized spacial score (nSPS) is 29.8. The quantitative estimate of drug-likeness (QED) is 0.778. The fourth-order valence-corrected chi connectivity index (χ4v) is 4.10. The van der Waals surface area contributed by atoms with Gasteiger partial charge in [-0.15, -0.1) is 0 Å². The number of nitrogens with one attached hydrogen (secondary N) is 2. The van der Waals surface area contributed by atoms with E-state index in [4.69, 9.17) is 4.74 Å². The van der Waals surface area contributed by atoms with Crippen LogP contribution in [-0.2, 0) is 9.53 Å². The van der Waals surface area contributed by atoms with Gasteiger partial charge in [-0.25, -0.2) is 0 Å². The van der Waals surface area contributed by atoms with Gasteiger partial charge in [0.25, 0.3) is 0 Å². The summed E-state index contributed by atoms with van der Waals surface area (Å²) in [5.74, 6) is 0.611. The third-order valence-electron chi connectivity index (χ3n) is 5.99. The molecule has 1 amide bonds. The minimum atomic E-state index is 0.296. The van der Waals surface area contributed by atoms with E-state index in [9.17, 15) is 4.79 Å². The van der Waals surface area contributed by atoms with Gasteiger partial charge in [-0.2, -0.15) is 0 Å². The molecule has 1 atom stereocenters. The van der Waals surface area contributed by atoms with Crippen LogP contribution in [0.1, 0.15) is 44.9 Å². The molecular formula is C16H28N2O2. The first-order valence-corrected chi connectivity index (χ1v) is 8.17. The summed E-state index contributed by atoms with van der Waals surface area (Å²) in [4.78, 5) is 12.4. The number of carbonyl (C=O) groups excluding carboxylic acids is 1. The predicted octanol–water partition coefficient (Wildman–Crippen LogP) is 1.70. The molecule has 0 aromatic heterocycles. The monoisotopic (exact) mass is 280 g/mol. The van der Waals surface area contributed by atoms with Crippen LogP contribution in [-0.4, -0.2) is 39.3 Å². The molecule has 1 heterocycles. The molecule has 0 aromatic rings. The van der Waals surface area contributed by atoms with Gasteiger partial charge in [0.15, 0.2) is 0 Å². The maximum absolute atomic E-state index is 12.4. The highest BCUT2D eigenvalue weighted by molar-refractivity contribution is 5.82. The van der Waals surface area contributed by atoms with Crippen LogP contribution in [0.2, 0.25) is 0 Å². The summed E-state index contributed by atoms with van der Waals surface area (Å²) >= 11 is 0. The average Bonchev–Trinajstić information content (AvgIpc) is 3.11. The van der Waals surface area contributed by atoms with Crippen LogP contribution in [0.15, 0.2) is 0 Å². The Labute approximate surface area is 122 Å². The number of methoxy groups -OCH3 is 1. The lowest BCUT2D eigenvalue weighted by Gasteiger charge is -2.42. The van der Waals surface area contributed by atoms with Crippen LogP contribution in [0, 0.1) is 16.7 Å². The van der Waals surface area contributed by atoms with Crippen molar-refractivity contribution in [1.29, 1.82) is 0 Å². The van der Waals surface area contributed by atoms with Crippen LogP contribution < -0.4 is 10.6 Å². The van der Waals surface area contributed by atoms with Crippen LogP contribution >= 0.6 is 0 Å². The molecule has 2 aliphatic carbocycles. The topological polar surface area (TPSA) is 50.4 Å². The largest absolute Gasteiger partial charge is 0.385 e. The predicted molar refractivity (Wildman–Crippen MR) is 78.4 cm³/mol. The maximum Gasteiger partial charge on any atom is 0.223 e. The van der Waals surface area contributed by atoms with Gasteiger partial charge >= 0.3 is 0 Å². The van der Waals surface area contributed by atoms with E-state index >= 15 is 0 Å². The zero-order valence-corrected chi connectivity index (χ0v) is 12.7. The number of amides is 1. The number of piperidine rings is 1. The lowest BCUT2D eigenvalue weighted by molar-refractivity contribution is -0.124. The summed E-state index contributed by atoms with van der Waals surface area (Å²) in [6.07, 6.45) is 8.36. The van der Waals surface area contributed by atoms with E-state index in [2.05, 4.69) is 10.6 Å². The van der Waals surface area contributed by atoms with Crippen molar-refractivity contribution in [1.82, 2.24) is 10.6 Å². The van der Waals surface area contributed by atoms with Gasteiger partial charge in [-0.05, 0) is 62.4 Å². The van der Waals surface area contributed by atoms with Crippen LogP contribution in [0.25, 0.3) is 0 Å². The smallest absolute Gasteiger partial charge is 0.223 e. The molecular weight excluding hydrogens is 252 g/mol. The molecule has 0 aromatic carbocycles. The van der Waals surface area contributed by atoms with Gasteiger partial charge in [-0.3, -0.25) is 4.79 Å². The molecule has 3 rings (SSSR count). The van der Waals surface area contributed by atoms with E-state index < -0.39 is 0 Å². The Kier molecular flexibility index (Phi) is 4.04. The second kappa shape index (κ2) is 5.64. The van der Waals surface area contributed by atoms with Gasteiger partial charge < -0.3 is 15.4 Å². The fraction of sp³-hybridized carbons (Fsp3) is 0.938. The van der Waals surface area contributed by atoms with Gasteiger partial charge in [0, 0.05) is 26.2 Å². The molecule has 2 saturated carbocycles. The standard InChI is InChI=1S/C16H28N2O2/c1-20-10-7-15(3-2-4-15)12-18-14(19)13-11-16(13)5-8-17-9-6-16/h13,17H,2-12H2,1H3,(H,18,19). The zero-order valence-electron chi connectivity index (χ0n) is 12.7. The summed E-state index contributed by atoms with van der Waals surface area (Å²) in [6.45, 7) is 3.85. The first-order chi connectivity index (χ1) is 9.70. The van der Waals surface area contributed by atoms with Gasteiger partial charge in [0.2, 0.25) is 5.91 Å². The van der Waals surface area contributed by atoms with E-state index in [1.807, 2.05) is 0 Å². The molecule has 2 N–H and O–H groups in total. The highest BCUT2D eigenvalue weighted by Crippen LogP contribution is 2.58. The Morgan fingerprint density at radius 1 is 1.30 bits per heavy atom. The van der Waals surface area contributed by atoms with Crippen LogP contribution in [0.4, 0.5) is 0 Å². The lowest BCUT2D eigenvalue weighted by atomic mass is 9.66. The molecule has 1 saturated heterocycles. The van der Waals surface area contributed by atoms with Gasteiger partial charge in [0.1, 0.15) is 0 Å². The van der Waals surface area contributed by atoms with Crippen molar-refractivity contribution in [3.05, 3.63) is 0 Å². The Balaban J connectivity index is 1.45. The molecule has 1 aliphatic heterocycles. The fourth-order valence-electron chi connectivity index (χ4n) is 4.10. The van der Waals surface area contributed by atoms with Crippen LogP contribution in [0.5, 0.6) is 0 Å². The first-order valence-electron chi connectivity index (χ1n) is 8.17. The van der Waals surface area contributed by atoms with E-state index in [0.29, 0.717) is 22.7 Å². The van der Waals surface area contributed by atoms with E-state index in [1.54, 1.807) is 7.11 Å². The molecule has 3 aliphatic rings. The molecule has 4 nitrogen and oxygen atoms in total. The lowest BCUT2D eigenvalue weighted by Crippen LogP contribution is -2.44. The summed E-state index contributed by atoms with van der Waals surface area (Å²) in [5.41, 5.74) is 0.691. The van der Waals surface area contributed by atoms with Gasteiger partial charge in [0.05, 0.1) is 0 Å². The highest BCUT2D eigenvalue weighted by atomic mass is 16.5. The summed E-state index contributed by atoms with van der Waals surface area (Å²) in [6, 6.07) is 0. The molecule has 1 unspecified atom stereocenters. The van der Waals surface area contributed by atoms with Crippen molar-refractivity contribution in [3.63, 3.8) is 0 Å². The zero-order chi connectivity index (χ0) is 14.1. The van der Waals surface area contributed by atoms with E-state index in [1.165, 1.54) is 32.1 Å². The number of hydrogen-bond donors (Lipinski definition) is 2. The number of carbonyl (C=O) groups is 1. The van der Waals surface area contributed by atoms with Crippen molar-refractivity contribution in [2.75, 3.05) is 33.4 Å². The van der Waals surface area contributed by atoms with Crippen molar-refractivity contribution in [3.8, 4) is 0 Å². The maximum atomic E-state index is 12.4. The Bertz CT molecular complexity index is 359. The molecule has 114 valence electrons. The minimum Gasteiger partial charge on any atom is -0.385 e. The molecule has 1 spiro atoms. The number of ether oxygens (including phenoxy) is 1. The average molecular weight is 280 g/mol. The molecule has 0 radical (unpaired) electrons. The van der Waals surface area contributed by atoms with Crippen molar-refractivity contribution < 1.29 is 9.53 Å². The highest BCUT2D eigenvalue weighted by Gasteiger charge is 2.57. The van der Waals surface area contributed by atoms with Crippen LogP contribution in [0.3, 0.4) is 0 Å². The van der Waals surface area contributed by atoms with Gasteiger partial charge in [-0.1, -0.05) is 6.42 Å². The molecule has 20 heavy (non-hydrogen) atoms. The number of hydrogen-bond acceptors (Lipinski definition) is 3. The Hall–Kier alpha value is -0.610. The SMILES string of the molecule is COCCC1(CNC(=O)C2CC23CCNCC3)CCC1. The summed E-state index contributed by atoms with van der Waals surface area (Å²) < 4.78 is 5.21. The van der Waals surface area contributed by atoms with Crippen molar-refractivity contribution >= 4 is 5.91 Å². The van der Waals surface area contributed by atoms with Crippen molar-refractivity contribution in [2.45, 2.75) is 44.9 Å².